The molecular weight excluding hydrogens is 450 g/mol. The van der Waals surface area contributed by atoms with Crippen LogP contribution in [0.4, 0.5) is 5.69 Å². The molecule has 2 aromatic rings. The monoisotopic (exact) mass is 473 g/mol. The number of nitrogens with zero attached hydrogens (tertiary/aromatic N) is 2. The molecule has 2 aliphatic rings. The van der Waals surface area contributed by atoms with Crippen LogP contribution in [0.1, 0.15) is 31.2 Å². The molecule has 0 unspecified atom stereocenters. The highest BCUT2D eigenvalue weighted by molar-refractivity contribution is 7.89. The summed E-state index contributed by atoms with van der Waals surface area (Å²) in [6, 6.07) is 14.2. The Morgan fingerprint density at radius 2 is 1.84 bits per heavy atom. The second-order valence-electron chi connectivity index (χ2n) is 8.24. The van der Waals surface area contributed by atoms with E-state index in [0.29, 0.717) is 24.3 Å². The van der Waals surface area contributed by atoms with Crippen LogP contribution in [0, 0.1) is 17.2 Å². The number of nitrogens with one attached hydrogen (secondary N) is 1. The normalized spacial score (nSPS) is 18.5. The first-order valence-electron chi connectivity index (χ1n) is 10.5. The summed E-state index contributed by atoms with van der Waals surface area (Å²) in [7, 11) is -2.23. The van der Waals surface area contributed by atoms with Gasteiger partial charge in [0, 0.05) is 24.7 Å². The predicted octanol–water partition coefficient (Wildman–Crippen LogP) is 3.94. The molecule has 7 nitrogen and oxygen atoms in total. The number of halogens is 1. The third-order valence-electron chi connectivity index (χ3n) is 6.25. The van der Waals surface area contributed by atoms with Crippen LogP contribution in [0.25, 0.3) is 0 Å². The number of rotatable bonds is 6. The largest absolute Gasteiger partial charge is 0.495 e. The van der Waals surface area contributed by atoms with E-state index in [-0.39, 0.29) is 40.2 Å². The lowest BCUT2D eigenvalue weighted by Gasteiger charge is -2.30. The van der Waals surface area contributed by atoms with Gasteiger partial charge in [-0.15, -0.1) is 0 Å². The number of hydrogen-bond donors (Lipinski definition) is 1. The van der Waals surface area contributed by atoms with Crippen LogP contribution in [-0.2, 0) is 20.2 Å². The Hall–Kier alpha value is -2.60. The van der Waals surface area contributed by atoms with Crippen molar-refractivity contribution >= 4 is 33.2 Å². The van der Waals surface area contributed by atoms with Crippen LogP contribution in [0.3, 0.4) is 0 Å². The van der Waals surface area contributed by atoms with Crippen molar-refractivity contribution in [3.63, 3.8) is 0 Å². The van der Waals surface area contributed by atoms with Crippen molar-refractivity contribution in [3.8, 4) is 11.8 Å². The maximum Gasteiger partial charge on any atom is 0.243 e. The van der Waals surface area contributed by atoms with Crippen molar-refractivity contribution in [2.24, 2.45) is 5.92 Å². The van der Waals surface area contributed by atoms with E-state index in [2.05, 4.69) is 11.4 Å². The van der Waals surface area contributed by atoms with Crippen molar-refractivity contribution in [2.45, 2.75) is 36.0 Å². The van der Waals surface area contributed by atoms with E-state index in [0.717, 1.165) is 18.4 Å². The van der Waals surface area contributed by atoms with Crippen molar-refractivity contribution in [1.82, 2.24) is 4.31 Å². The highest BCUT2D eigenvalue weighted by Gasteiger charge is 2.44. The summed E-state index contributed by atoms with van der Waals surface area (Å²) in [5.41, 5.74) is 1.31. The Labute approximate surface area is 193 Å². The molecule has 0 aromatic heterocycles. The van der Waals surface area contributed by atoms with Gasteiger partial charge in [0.2, 0.25) is 15.9 Å². The minimum atomic E-state index is -3.70. The molecule has 1 N–H and O–H groups in total. The van der Waals surface area contributed by atoms with E-state index in [1.807, 2.05) is 24.3 Å². The number of piperidine rings is 1. The fourth-order valence-corrected chi connectivity index (χ4v) is 5.84. The van der Waals surface area contributed by atoms with E-state index in [1.54, 1.807) is 0 Å². The minimum Gasteiger partial charge on any atom is -0.495 e. The van der Waals surface area contributed by atoms with Crippen molar-refractivity contribution in [2.75, 3.05) is 25.5 Å². The SMILES string of the molecule is COc1ccc(S(=O)(=O)N2CCC(C(=O)Nc3ccc(C4(C#N)CC4)cc3)CC2)cc1Cl. The zero-order chi connectivity index (χ0) is 22.9. The number of ether oxygens (including phenoxy) is 1. The van der Waals surface area contributed by atoms with Crippen molar-refractivity contribution in [3.05, 3.63) is 53.1 Å². The van der Waals surface area contributed by atoms with Gasteiger partial charge in [-0.2, -0.15) is 9.57 Å². The first-order chi connectivity index (χ1) is 15.3. The zero-order valence-corrected chi connectivity index (χ0v) is 19.2. The molecule has 1 saturated carbocycles. The Morgan fingerprint density at radius 3 is 2.38 bits per heavy atom. The van der Waals surface area contributed by atoms with E-state index < -0.39 is 10.0 Å². The number of nitriles is 1. The van der Waals surface area contributed by atoms with Crippen LogP contribution in [-0.4, -0.2) is 38.8 Å². The maximum atomic E-state index is 13.0. The molecule has 168 valence electrons. The van der Waals surface area contributed by atoms with Crippen LogP contribution in [0.2, 0.25) is 5.02 Å². The summed E-state index contributed by atoms with van der Waals surface area (Å²) < 4.78 is 32.4. The highest BCUT2D eigenvalue weighted by Crippen LogP contribution is 2.47. The molecule has 2 aromatic carbocycles. The molecule has 1 aliphatic heterocycles. The van der Waals surface area contributed by atoms with Gasteiger partial charge in [0.1, 0.15) is 5.75 Å². The molecule has 0 atom stereocenters. The fourth-order valence-electron chi connectivity index (χ4n) is 4.02. The molecule has 9 heteroatoms. The predicted molar refractivity (Wildman–Crippen MR) is 121 cm³/mol. The van der Waals surface area contributed by atoms with Crippen molar-refractivity contribution < 1.29 is 17.9 Å². The third-order valence-corrected chi connectivity index (χ3v) is 8.44. The number of benzene rings is 2. The summed E-state index contributed by atoms with van der Waals surface area (Å²) in [6.45, 7) is 0.515. The quantitative estimate of drug-likeness (QED) is 0.684. The number of sulfonamides is 1. The summed E-state index contributed by atoms with van der Waals surface area (Å²) in [5, 5.41) is 12.5. The summed E-state index contributed by atoms with van der Waals surface area (Å²) in [4.78, 5) is 12.8. The Morgan fingerprint density at radius 1 is 1.19 bits per heavy atom. The van der Waals surface area contributed by atoms with E-state index in [1.165, 1.54) is 29.6 Å². The minimum absolute atomic E-state index is 0.108. The number of hydrogen-bond acceptors (Lipinski definition) is 5. The zero-order valence-electron chi connectivity index (χ0n) is 17.7. The molecule has 1 amide bonds. The first kappa shape index (κ1) is 22.6. The van der Waals surface area contributed by atoms with Gasteiger partial charge in [0.05, 0.1) is 28.5 Å². The van der Waals surface area contributed by atoms with Gasteiger partial charge < -0.3 is 10.1 Å². The van der Waals surface area contributed by atoms with Crippen LogP contribution in [0.15, 0.2) is 47.4 Å². The van der Waals surface area contributed by atoms with Gasteiger partial charge in [0.25, 0.3) is 0 Å². The highest BCUT2D eigenvalue weighted by atomic mass is 35.5. The lowest BCUT2D eigenvalue weighted by atomic mass is 9.96. The molecule has 1 aliphatic carbocycles. The Kier molecular flexibility index (Phi) is 6.17. The molecule has 1 heterocycles. The fraction of sp³-hybridized carbons (Fsp3) is 0.391. The Balaban J connectivity index is 1.35. The standard InChI is InChI=1S/C23H24ClN3O4S/c1-31-21-7-6-19(14-20(21)24)32(29,30)27-12-8-16(9-13-27)22(28)26-18-4-2-17(3-5-18)23(15-25)10-11-23/h2-7,14,16H,8-13H2,1H3,(H,26,28). The number of methoxy groups -OCH3 is 1. The van der Waals surface area contributed by atoms with Crippen LogP contribution in [0.5, 0.6) is 5.75 Å². The Bertz CT molecular complexity index is 1160. The smallest absolute Gasteiger partial charge is 0.243 e. The van der Waals surface area contributed by atoms with Crippen LogP contribution >= 0.6 is 11.6 Å². The lowest BCUT2D eigenvalue weighted by molar-refractivity contribution is -0.120. The number of amides is 1. The number of carbonyl (C=O) groups excluding carboxylic acids is 1. The van der Waals surface area contributed by atoms with E-state index in [4.69, 9.17) is 16.3 Å². The third kappa shape index (κ3) is 4.33. The molecule has 0 bridgehead atoms. The second-order valence-corrected chi connectivity index (χ2v) is 10.6. The summed E-state index contributed by atoms with van der Waals surface area (Å²) >= 11 is 6.09. The van der Waals surface area contributed by atoms with E-state index in [9.17, 15) is 18.5 Å². The molecule has 4 rings (SSSR count). The number of carbonyl (C=O) groups is 1. The first-order valence-corrected chi connectivity index (χ1v) is 12.3. The van der Waals surface area contributed by atoms with Gasteiger partial charge >= 0.3 is 0 Å². The number of anilines is 1. The lowest BCUT2D eigenvalue weighted by Crippen LogP contribution is -2.41. The molecule has 0 radical (unpaired) electrons. The topological polar surface area (TPSA) is 99.5 Å². The summed E-state index contributed by atoms with van der Waals surface area (Å²) in [6.07, 6.45) is 2.62. The maximum absolute atomic E-state index is 13.0. The van der Waals surface area contributed by atoms with Gasteiger partial charge in [-0.1, -0.05) is 23.7 Å². The average molecular weight is 474 g/mol. The van der Waals surface area contributed by atoms with E-state index >= 15 is 0 Å². The molecule has 1 saturated heterocycles. The van der Waals surface area contributed by atoms with Gasteiger partial charge in [0.15, 0.2) is 0 Å². The molecule has 32 heavy (non-hydrogen) atoms. The van der Waals surface area contributed by atoms with Crippen LogP contribution < -0.4 is 10.1 Å². The van der Waals surface area contributed by atoms with Crippen molar-refractivity contribution in [1.29, 1.82) is 5.26 Å². The van der Waals surface area contributed by atoms with Gasteiger partial charge in [-0.25, -0.2) is 8.42 Å². The average Bonchev–Trinajstić information content (AvgIpc) is 3.61. The second kappa shape index (κ2) is 8.74. The van der Waals surface area contributed by atoms with Gasteiger partial charge in [-0.3, -0.25) is 4.79 Å². The van der Waals surface area contributed by atoms with Gasteiger partial charge in [-0.05, 0) is 61.6 Å². The molecular formula is C23H24ClN3O4S. The molecule has 2 fully saturated rings. The summed E-state index contributed by atoms with van der Waals surface area (Å²) in [5.74, 6) is 0.0205. The molecule has 0 spiro atoms.